The SMILES string of the molecule is CCSCCC(C)NC(=O)c1cc(C)oc1C. The van der Waals surface area contributed by atoms with Crippen LogP contribution in [0.2, 0.25) is 0 Å². The Kier molecular flexibility index (Phi) is 5.62. The van der Waals surface area contributed by atoms with Crippen LogP contribution in [-0.4, -0.2) is 23.5 Å². The molecule has 0 aliphatic carbocycles. The van der Waals surface area contributed by atoms with E-state index in [1.165, 1.54) is 0 Å². The number of rotatable bonds is 6. The molecular formula is C13H21NO2S. The smallest absolute Gasteiger partial charge is 0.255 e. The van der Waals surface area contributed by atoms with E-state index in [2.05, 4.69) is 12.2 Å². The summed E-state index contributed by atoms with van der Waals surface area (Å²) in [4.78, 5) is 11.9. The lowest BCUT2D eigenvalue weighted by Crippen LogP contribution is -2.33. The average molecular weight is 255 g/mol. The van der Waals surface area contributed by atoms with Gasteiger partial charge in [0.25, 0.3) is 5.91 Å². The van der Waals surface area contributed by atoms with Crippen molar-refractivity contribution in [2.24, 2.45) is 0 Å². The van der Waals surface area contributed by atoms with E-state index in [4.69, 9.17) is 4.42 Å². The van der Waals surface area contributed by atoms with Gasteiger partial charge in [0.2, 0.25) is 0 Å². The third-order valence-electron chi connectivity index (χ3n) is 2.56. The summed E-state index contributed by atoms with van der Waals surface area (Å²) in [6.07, 6.45) is 1.00. The molecule has 96 valence electrons. The summed E-state index contributed by atoms with van der Waals surface area (Å²) in [5.74, 6) is 3.65. The Morgan fingerprint density at radius 3 is 2.76 bits per heavy atom. The van der Waals surface area contributed by atoms with Gasteiger partial charge in [0.15, 0.2) is 0 Å². The summed E-state index contributed by atoms with van der Waals surface area (Å²) in [7, 11) is 0. The van der Waals surface area contributed by atoms with E-state index in [9.17, 15) is 4.79 Å². The van der Waals surface area contributed by atoms with Crippen molar-refractivity contribution in [3.05, 3.63) is 23.2 Å². The number of hydrogen-bond donors (Lipinski definition) is 1. The zero-order valence-corrected chi connectivity index (χ0v) is 11.8. The van der Waals surface area contributed by atoms with Crippen molar-refractivity contribution >= 4 is 17.7 Å². The summed E-state index contributed by atoms with van der Waals surface area (Å²) in [6, 6.07) is 1.99. The molecule has 17 heavy (non-hydrogen) atoms. The maximum Gasteiger partial charge on any atom is 0.255 e. The number of nitrogens with one attached hydrogen (secondary N) is 1. The van der Waals surface area contributed by atoms with Crippen molar-refractivity contribution in [2.75, 3.05) is 11.5 Å². The molecule has 0 saturated carbocycles. The van der Waals surface area contributed by atoms with Crippen LogP contribution in [0.4, 0.5) is 0 Å². The molecule has 1 rings (SSSR count). The zero-order valence-electron chi connectivity index (χ0n) is 11.0. The van der Waals surface area contributed by atoms with Crippen LogP contribution in [0, 0.1) is 13.8 Å². The predicted molar refractivity (Wildman–Crippen MR) is 72.7 cm³/mol. The summed E-state index contributed by atoms with van der Waals surface area (Å²) in [5.41, 5.74) is 0.650. The van der Waals surface area contributed by atoms with Gasteiger partial charge in [-0.25, -0.2) is 0 Å². The number of amides is 1. The standard InChI is InChI=1S/C13H21NO2S/c1-5-17-7-6-9(2)14-13(15)12-8-10(3)16-11(12)4/h8-9H,5-7H2,1-4H3,(H,14,15). The van der Waals surface area contributed by atoms with E-state index in [0.717, 1.165) is 23.7 Å². The number of furan rings is 1. The molecule has 0 aliphatic rings. The summed E-state index contributed by atoms with van der Waals surface area (Å²) in [5, 5.41) is 3.00. The van der Waals surface area contributed by atoms with Crippen LogP contribution < -0.4 is 5.32 Å². The predicted octanol–water partition coefficient (Wildman–Crippen LogP) is 3.16. The first-order chi connectivity index (χ1) is 8.04. The molecule has 1 amide bonds. The number of hydrogen-bond acceptors (Lipinski definition) is 3. The number of aryl methyl sites for hydroxylation is 2. The molecule has 0 spiro atoms. The van der Waals surface area contributed by atoms with Crippen LogP contribution >= 0.6 is 11.8 Å². The lowest BCUT2D eigenvalue weighted by Gasteiger charge is -2.12. The largest absolute Gasteiger partial charge is 0.466 e. The molecule has 0 bridgehead atoms. The number of thioether (sulfide) groups is 1. The van der Waals surface area contributed by atoms with Crippen molar-refractivity contribution in [3.63, 3.8) is 0 Å². The highest BCUT2D eigenvalue weighted by Crippen LogP contribution is 2.14. The highest BCUT2D eigenvalue weighted by atomic mass is 32.2. The molecule has 0 radical (unpaired) electrons. The minimum atomic E-state index is -0.0339. The molecule has 0 aromatic carbocycles. The van der Waals surface area contributed by atoms with Crippen LogP contribution in [0.5, 0.6) is 0 Å². The molecule has 1 heterocycles. The first kappa shape index (κ1) is 14.2. The Bertz CT molecular complexity index is 373. The third kappa shape index (κ3) is 4.46. The van der Waals surface area contributed by atoms with Crippen molar-refractivity contribution in [3.8, 4) is 0 Å². The lowest BCUT2D eigenvalue weighted by molar-refractivity contribution is 0.0938. The molecule has 1 aromatic heterocycles. The van der Waals surface area contributed by atoms with Crippen LogP contribution in [0.3, 0.4) is 0 Å². The van der Waals surface area contributed by atoms with Gasteiger partial charge in [-0.05, 0) is 44.8 Å². The van der Waals surface area contributed by atoms with Gasteiger partial charge < -0.3 is 9.73 Å². The van der Waals surface area contributed by atoms with Gasteiger partial charge in [0.1, 0.15) is 11.5 Å². The second-order valence-electron chi connectivity index (χ2n) is 4.19. The fourth-order valence-electron chi connectivity index (χ4n) is 1.63. The molecule has 3 nitrogen and oxygen atoms in total. The molecule has 0 aliphatic heterocycles. The van der Waals surface area contributed by atoms with Crippen molar-refractivity contribution < 1.29 is 9.21 Å². The molecule has 0 fully saturated rings. The molecule has 1 N–H and O–H groups in total. The number of carbonyl (C=O) groups is 1. The molecule has 1 aromatic rings. The number of carbonyl (C=O) groups excluding carboxylic acids is 1. The van der Waals surface area contributed by atoms with Gasteiger partial charge in [-0.15, -0.1) is 0 Å². The average Bonchev–Trinajstić information content (AvgIpc) is 2.58. The minimum Gasteiger partial charge on any atom is -0.466 e. The van der Waals surface area contributed by atoms with Crippen LogP contribution in [0.25, 0.3) is 0 Å². The zero-order chi connectivity index (χ0) is 12.8. The Hall–Kier alpha value is -0.900. The first-order valence-electron chi connectivity index (χ1n) is 6.00. The van der Waals surface area contributed by atoms with Gasteiger partial charge in [0.05, 0.1) is 5.56 Å². The fraction of sp³-hybridized carbons (Fsp3) is 0.615. The van der Waals surface area contributed by atoms with Gasteiger partial charge in [-0.1, -0.05) is 6.92 Å². The van der Waals surface area contributed by atoms with E-state index < -0.39 is 0 Å². The monoisotopic (exact) mass is 255 g/mol. The van der Waals surface area contributed by atoms with E-state index in [1.54, 1.807) is 6.07 Å². The maximum absolute atomic E-state index is 11.9. The van der Waals surface area contributed by atoms with Crippen molar-refractivity contribution in [1.29, 1.82) is 0 Å². The Morgan fingerprint density at radius 2 is 2.24 bits per heavy atom. The molecule has 0 saturated heterocycles. The van der Waals surface area contributed by atoms with E-state index in [-0.39, 0.29) is 11.9 Å². The summed E-state index contributed by atoms with van der Waals surface area (Å²) < 4.78 is 5.35. The minimum absolute atomic E-state index is 0.0339. The van der Waals surface area contributed by atoms with Gasteiger partial charge in [-0.2, -0.15) is 11.8 Å². The lowest BCUT2D eigenvalue weighted by atomic mass is 10.2. The van der Waals surface area contributed by atoms with Crippen LogP contribution in [0.1, 0.15) is 42.1 Å². The quantitative estimate of drug-likeness (QED) is 0.794. The topological polar surface area (TPSA) is 42.2 Å². The Labute approximate surface area is 107 Å². The van der Waals surface area contributed by atoms with Crippen LogP contribution in [0.15, 0.2) is 10.5 Å². The Balaban J connectivity index is 2.46. The van der Waals surface area contributed by atoms with E-state index in [1.807, 2.05) is 32.5 Å². The maximum atomic E-state index is 11.9. The van der Waals surface area contributed by atoms with Gasteiger partial charge >= 0.3 is 0 Å². The van der Waals surface area contributed by atoms with E-state index in [0.29, 0.717) is 11.3 Å². The molecular weight excluding hydrogens is 234 g/mol. The second-order valence-corrected chi connectivity index (χ2v) is 5.58. The fourth-order valence-corrected chi connectivity index (χ4v) is 2.44. The van der Waals surface area contributed by atoms with Gasteiger partial charge in [-0.3, -0.25) is 4.79 Å². The summed E-state index contributed by atoms with van der Waals surface area (Å²) >= 11 is 1.90. The first-order valence-corrected chi connectivity index (χ1v) is 7.15. The normalized spacial score (nSPS) is 12.5. The summed E-state index contributed by atoms with van der Waals surface area (Å²) in [6.45, 7) is 7.85. The van der Waals surface area contributed by atoms with Gasteiger partial charge in [0, 0.05) is 6.04 Å². The van der Waals surface area contributed by atoms with E-state index >= 15 is 0 Å². The highest BCUT2D eigenvalue weighted by molar-refractivity contribution is 7.99. The van der Waals surface area contributed by atoms with Crippen LogP contribution in [-0.2, 0) is 0 Å². The molecule has 1 unspecified atom stereocenters. The highest BCUT2D eigenvalue weighted by Gasteiger charge is 2.15. The Morgan fingerprint density at radius 1 is 1.53 bits per heavy atom. The van der Waals surface area contributed by atoms with Crippen molar-refractivity contribution in [2.45, 2.75) is 40.2 Å². The van der Waals surface area contributed by atoms with Crippen molar-refractivity contribution in [1.82, 2.24) is 5.32 Å². The molecule has 1 atom stereocenters. The second kappa shape index (κ2) is 6.74. The molecule has 4 heteroatoms. The third-order valence-corrected chi connectivity index (χ3v) is 3.50.